The number of nitrogens with zero attached hydrogens (tertiary/aromatic N) is 3. The van der Waals surface area contributed by atoms with Crippen molar-refractivity contribution in [1.29, 1.82) is 0 Å². The van der Waals surface area contributed by atoms with Crippen LogP contribution in [0.3, 0.4) is 0 Å². The molecular formula is C28H26N4O2S. The molecule has 0 amide bonds. The summed E-state index contributed by atoms with van der Waals surface area (Å²) < 4.78 is 13.5. The van der Waals surface area contributed by atoms with Crippen LogP contribution in [-0.2, 0) is 0 Å². The first-order chi connectivity index (χ1) is 17.0. The maximum atomic E-state index is 5.91. The van der Waals surface area contributed by atoms with E-state index in [0.29, 0.717) is 5.11 Å². The lowest BCUT2D eigenvalue weighted by Gasteiger charge is -2.28. The first-order valence-corrected chi connectivity index (χ1v) is 12.1. The number of aromatic nitrogens is 2. The summed E-state index contributed by atoms with van der Waals surface area (Å²) in [6.45, 7) is 6.69. The van der Waals surface area contributed by atoms with E-state index in [1.807, 2.05) is 36.5 Å². The van der Waals surface area contributed by atoms with Crippen LogP contribution in [-0.4, -0.2) is 21.5 Å². The van der Waals surface area contributed by atoms with E-state index < -0.39 is 0 Å². The number of thiocarbonyl (C=S) groups is 1. The van der Waals surface area contributed by atoms with Gasteiger partial charge < -0.3 is 24.3 Å². The van der Waals surface area contributed by atoms with E-state index in [2.05, 4.69) is 76.9 Å². The van der Waals surface area contributed by atoms with Crippen molar-refractivity contribution in [2.75, 3.05) is 11.7 Å². The minimum absolute atomic E-state index is 0.0949. The van der Waals surface area contributed by atoms with Crippen molar-refractivity contribution in [1.82, 2.24) is 14.9 Å². The van der Waals surface area contributed by atoms with Crippen molar-refractivity contribution in [2.24, 2.45) is 0 Å². The molecule has 2 aromatic carbocycles. The maximum Gasteiger partial charge on any atom is 0.231 e. The highest BCUT2D eigenvalue weighted by Crippen LogP contribution is 2.46. The molecule has 2 atom stereocenters. The van der Waals surface area contributed by atoms with E-state index in [4.69, 9.17) is 21.7 Å². The monoisotopic (exact) mass is 482 g/mol. The molecule has 2 aliphatic heterocycles. The molecule has 0 spiro atoms. The van der Waals surface area contributed by atoms with E-state index in [-0.39, 0.29) is 18.9 Å². The number of hydrogen-bond acceptors (Lipinski definition) is 4. The van der Waals surface area contributed by atoms with Gasteiger partial charge >= 0.3 is 0 Å². The third kappa shape index (κ3) is 3.63. The van der Waals surface area contributed by atoms with Gasteiger partial charge in [0.05, 0.1) is 17.8 Å². The van der Waals surface area contributed by atoms with Crippen LogP contribution in [0.15, 0.2) is 72.9 Å². The van der Waals surface area contributed by atoms with Gasteiger partial charge in [0.2, 0.25) is 6.79 Å². The number of aryl methyl sites for hydroxylation is 2. The molecular weight excluding hydrogens is 456 g/mol. The molecule has 6 rings (SSSR count). The Morgan fingerprint density at radius 3 is 2.57 bits per heavy atom. The first kappa shape index (κ1) is 21.7. The van der Waals surface area contributed by atoms with E-state index in [9.17, 15) is 0 Å². The van der Waals surface area contributed by atoms with Gasteiger partial charge in [-0.25, -0.2) is 0 Å². The zero-order valence-corrected chi connectivity index (χ0v) is 20.7. The number of fused-ring (bicyclic) bond motifs is 1. The SMILES string of the molecule is Cc1cccc(-n2c(C)cc([C@@H]3[C@H](c4ccccn4)NC(=S)N3c3ccc4c(c3)OCO4)c2C)c1. The normalized spacial score (nSPS) is 18.7. The second-order valence-electron chi connectivity index (χ2n) is 9.04. The zero-order valence-electron chi connectivity index (χ0n) is 19.9. The average molecular weight is 483 g/mol. The fourth-order valence-corrected chi connectivity index (χ4v) is 5.58. The molecule has 1 fully saturated rings. The average Bonchev–Trinajstić information content (AvgIpc) is 3.54. The lowest BCUT2D eigenvalue weighted by Crippen LogP contribution is -2.29. The molecule has 4 heterocycles. The van der Waals surface area contributed by atoms with Crippen molar-refractivity contribution < 1.29 is 9.47 Å². The predicted octanol–water partition coefficient (Wildman–Crippen LogP) is 5.70. The summed E-state index contributed by atoms with van der Waals surface area (Å²) in [4.78, 5) is 6.86. The topological polar surface area (TPSA) is 51.6 Å². The maximum absolute atomic E-state index is 5.91. The van der Waals surface area contributed by atoms with Gasteiger partial charge in [-0.2, -0.15) is 0 Å². The van der Waals surface area contributed by atoms with Crippen molar-refractivity contribution in [3.63, 3.8) is 0 Å². The molecule has 0 aliphatic carbocycles. The Kier molecular flexibility index (Phi) is 5.22. The number of ether oxygens (including phenoxy) is 2. The highest BCUT2D eigenvalue weighted by molar-refractivity contribution is 7.80. The van der Waals surface area contributed by atoms with Crippen LogP contribution >= 0.6 is 12.2 Å². The third-order valence-electron chi connectivity index (χ3n) is 6.78. The number of anilines is 1. The van der Waals surface area contributed by atoms with Gasteiger partial charge in [0, 0.05) is 35.0 Å². The van der Waals surface area contributed by atoms with Gasteiger partial charge in [-0.1, -0.05) is 18.2 Å². The minimum Gasteiger partial charge on any atom is -0.454 e. The van der Waals surface area contributed by atoms with Crippen LogP contribution in [0.2, 0.25) is 0 Å². The largest absolute Gasteiger partial charge is 0.454 e. The van der Waals surface area contributed by atoms with Gasteiger partial charge in [-0.05, 0) is 86.6 Å². The summed E-state index contributed by atoms with van der Waals surface area (Å²) in [5.41, 5.74) is 7.84. The molecule has 1 N–H and O–H groups in total. The molecule has 0 bridgehead atoms. The zero-order chi connectivity index (χ0) is 24.1. The molecule has 7 heteroatoms. The lowest BCUT2D eigenvalue weighted by atomic mass is 9.96. The number of benzene rings is 2. The molecule has 176 valence electrons. The molecule has 0 radical (unpaired) electrons. The van der Waals surface area contributed by atoms with Crippen molar-refractivity contribution in [3.05, 3.63) is 101 Å². The second kappa shape index (κ2) is 8.43. The quantitative estimate of drug-likeness (QED) is 0.377. The van der Waals surface area contributed by atoms with Crippen LogP contribution in [0.1, 0.15) is 40.3 Å². The van der Waals surface area contributed by atoms with E-state index in [0.717, 1.165) is 28.6 Å². The number of hydrogen-bond donors (Lipinski definition) is 1. The summed E-state index contributed by atoms with van der Waals surface area (Å²) in [6.07, 6.45) is 1.83. The summed E-state index contributed by atoms with van der Waals surface area (Å²) in [6, 6.07) is 22.6. The summed E-state index contributed by atoms with van der Waals surface area (Å²) in [5, 5.41) is 4.21. The Morgan fingerprint density at radius 1 is 0.914 bits per heavy atom. The van der Waals surface area contributed by atoms with Crippen LogP contribution in [0, 0.1) is 20.8 Å². The Bertz CT molecular complexity index is 1430. The summed E-state index contributed by atoms with van der Waals surface area (Å²) in [7, 11) is 0. The Labute approximate surface area is 210 Å². The smallest absolute Gasteiger partial charge is 0.231 e. The Balaban J connectivity index is 1.51. The van der Waals surface area contributed by atoms with Gasteiger partial charge in [-0.15, -0.1) is 0 Å². The van der Waals surface area contributed by atoms with Crippen LogP contribution in [0.25, 0.3) is 5.69 Å². The Morgan fingerprint density at radius 2 is 1.77 bits per heavy atom. The second-order valence-corrected chi connectivity index (χ2v) is 9.42. The van der Waals surface area contributed by atoms with Gasteiger partial charge in [-0.3, -0.25) is 4.98 Å². The lowest BCUT2D eigenvalue weighted by molar-refractivity contribution is 0.174. The van der Waals surface area contributed by atoms with E-state index >= 15 is 0 Å². The predicted molar refractivity (Wildman–Crippen MR) is 140 cm³/mol. The fourth-order valence-electron chi connectivity index (χ4n) is 5.24. The van der Waals surface area contributed by atoms with E-state index in [1.165, 1.54) is 22.5 Å². The number of rotatable bonds is 4. The van der Waals surface area contributed by atoms with Crippen LogP contribution < -0.4 is 19.7 Å². The number of nitrogens with one attached hydrogen (secondary N) is 1. The summed E-state index contributed by atoms with van der Waals surface area (Å²) in [5.74, 6) is 1.48. The fraction of sp³-hybridized carbons (Fsp3) is 0.214. The summed E-state index contributed by atoms with van der Waals surface area (Å²) >= 11 is 5.91. The Hall–Kier alpha value is -3.84. The molecule has 35 heavy (non-hydrogen) atoms. The van der Waals surface area contributed by atoms with E-state index in [1.54, 1.807) is 0 Å². The highest BCUT2D eigenvalue weighted by atomic mass is 32.1. The molecule has 1 saturated heterocycles. The molecule has 0 unspecified atom stereocenters. The first-order valence-electron chi connectivity index (χ1n) is 11.7. The number of pyridine rings is 1. The molecule has 2 aliphatic rings. The van der Waals surface area contributed by atoms with Gasteiger partial charge in [0.1, 0.15) is 0 Å². The third-order valence-corrected chi connectivity index (χ3v) is 7.10. The highest BCUT2D eigenvalue weighted by Gasteiger charge is 2.42. The van der Waals surface area contributed by atoms with Crippen LogP contribution in [0.5, 0.6) is 11.5 Å². The molecule has 4 aromatic rings. The molecule has 6 nitrogen and oxygen atoms in total. The van der Waals surface area contributed by atoms with Crippen molar-refractivity contribution >= 4 is 23.0 Å². The molecule has 0 saturated carbocycles. The van der Waals surface area contributed by atoms with Gasteiger partial charge in [0.15, 0.2) is 16.6 Å². The van der Waals surface area contributed by atoms with Crippen molar-refractivity contribution in [2.45, 2.75) is 32.9 Å². The van der Waals surface area contributed by atoms with Crippen LogP contribution in [0.4, 0.5) is 5.69 Å². The minimum atomic E-state index is -0.111. The standard InChI is InChI=1S/C28H26N4O2S/c1-17-7-6-8-20(13-17)31-18(2)14-22(19(31)3)27-26(23-9-4-5-12-29-23)30-28(35)32(27)21-10-11-24-25(15-21)34-16-33-24/h4-15,26-27H,16H2,1-3H3,(H,30,35)/t26-,27+/m0/s1. The molecule has 2 aromatic heterocycles. The van der Waals surface area contributed by atoms with Crippen molar-refractivity contribution in [3.8, 4) is 17.2 Å². The van der Waals surface area contributed by atoms with Gasteiger partial charge in [0.25, 0.3) is 0 Å².